The Kier molecular flexibility index (Phi) is 7.14. The van der Waals surface area contributed by atoms with Gasteiger partial charge in [-0.3, -0.25) is 4.90 Å². The summed E-state index contributed by atoms with van der Waals surface area (Å²) in [7, 11) is 0. The monoisotopic (exact) mass is 240 g/mol. The highest BCUT2D eigenvalue weighted by molar-refractivity contribution is 4.77. The van der Waals surface area contributed by atoms with Crippen LogP contribution in [-0.2, 0) is 0 Å². The van der Waals surface area contributed by atoms with Crippen molar-refractivity contribution in [1.82, 2.24) is 10.2 Å². The zero-order valence-electron chi connectivity index (χ0n) is 12.3. The zero-order chi connectivity index (χ0) is 12.7. The number of nitrogens with one attached hydrogen (secondary N) is 1. The number of rotatable bonds is 7. The summed E-state index contributed by atoms with van der Waals surface area (Å²) >= 11 is 0. The molecular weight excluding hydrogens is 208 g/mol. The molecule has 1 rings (SSSR count). The maximum atomic E-state index is 3.77. The largest absolute Gasteiger partial charge is 0.312 e. The molecule has 0 aliphatic heterocycles. The summed E-state index contributed by atoms with van der Waals surface area (Å²) < 4.78 is 0. The molecule has 0 radical (unpaired) electrons. The van der Waals surface area contributed by atoms with Crippen LogP contribution < -0.4 is 5.32 Å². The standard InChI is InChI=1S/C15H32N2/c1-5-11-17(13(2)3)14(4)12-16-15-9-7-6-8-10-15/h13-16H,5-12H2,1-4H3. The van der Waals surface area contributed by atoms with Gasteiger partial charge in [0.25, 0.3) is 0 Å². The summed E-state index contributed by atoms with van der Waals surface area (Å²) in [5, 5.41) is 3.77. The fraction of sp³-hybridized carbons (Fsp3) is 1.00. The molecule has 1 N–H and O–H groups in total. The highest BCUT2D eigenvalue weighted by Crippen LogP contribution is 2.17. The third kappa shape index (κ3) is 5.39. The second-order valence-electron chi connectivity index (χ2n) is 5.92. The van der Waals surface area contributed by atoms with E-state index in [2.05, 4.69) is 37.9 Å². The van der Waals surface area contributed by atoms with Gasteiger partial charge in [0.15, 0.2) is 0 Å². The van der Waals surface area contributed by atoms with Crippen molar-refractivity contribution in [2.45, 2.75) is 84.3 Å². The van der Waals surface area contributed by atoms with Crippen LogP contribution in [0, 0.1) is 0 Å². The molecule has 0 spiro atoms. The lowest BCUT2D eigenvalue weighted by Crippen LogP contribution is -2.47. The van der Waals surface area contributed by atoms with Crippen LogP contribution in [-0.4, -0.2) is 36.1 Å². The summed E-state index contributed by atoms with van der Waals surface area (Å²) in [4.78, 5) is 2.62. The summed E-state index contributed by atoms with van der Waals surface area (Å²) in [5.74, 6) is 0. The highest BCUT2D eigenvalue weighted by Gasteiger charge is 2.18. The number of hydrogen-bond acceptors (Lipinski definition) is 2. The van der Waals surface area contributed by atoms with Gasteiger partial charge in [-0.25, -0.2) is 0 Å². The second kappa shape index (κ2) is 8.10. The van der Waals surface area contributed by atoms with Crippen LogP contribution in [0.15, 0.2) is 0 Å². The molecule has 2 nitrogen and oxygen atoms in total. The van der Waals surface area contributed by atoms with Crippen molar-refractivity contribution >= 4 is 0 Å². The summed E-state index contributed by atoms with van der Waals surface area (Å²) in [6, 6.07) is 2.12. The molecule has 1 aliphatic carbocycles. The van der Waals surface area contributed by atoms with E-state index < -0.39 is 0 Å². The van der Waals surface area contributed by atoms with Crippen molar-refractivity contribution in [3.63, 3.8) is 0 Å². The topological polar surface area (TPSA) is 15.3 Å². The average molecular weight is 240 g/mol. The minimum Gasteiger partial charge on any atom is -0.312 e. The van der Waals surface area contributed by atoms with Crippen LogP contribution in [0.25, 0.3) is 0 Å². The maximum absolute atomic E-state index is 3.77. The van der Waals surface area contributed by atoms with Crippen LogP contribution in [0.2, 0.25) is 0 Å². The first kappa shape index (κ1) is 15.0. The van der Waals surface area contributed by atoms with E-state index in [-0.39, 0.29) is 0 Å². The average Bonchev–Trinajstić information content (AvgIpc) is 2.34. The zero-order valence-corrected chi connectivity index (χ0v) is 12.3. The van der Waals surface area contributed by atoms with E-state index in [0.717, 1.165) is 12.6 Å². The molecule has 0 aromatic carbocycles. The highest BCUT2D eigenvalue weighted by atomic mass is 15.2. The van der Waals surface area contributed by atoms with E-state index in [9.17, 15) is 0 Å². The lowest BCUT2D eigenvalue weighted by Gasteiger charge is -2.34. The molecule has 2 heteroatoms. The molecule has 1 atom stereocenters. The van der Waals surface area contributed by atoms with Crippen LogP contribution >= 0.6 is 0 Å². The Morgan fingerprint density at radius 1 is 1.12 bits per heavy atom. The van der Waals surface area contributed by atoms with Crippen molar-refractivity contribution in [2.24, 2.45) is 0 Å². The molecule has 1 unspecified atom stereocenters. The predicted octanol–water partition coefficient (Wildman–Crippen LogP) is 3.42. The molecule has 0 aromatic rings. The van der Waals surface area contributed by atoms with Gasteiger partial charge < -0.3 is 5.32 Å². The van der Waals surface area contributed by atoms with Crippen LogP contribution in [0.3, 0.4) is 0 Å². The Bertz CT molecular complexity index is 185. The van der Waals surface area contributed by atoms with Gasteiger partial charge in [-0.1, -0.05) is 26.2 Å². The molecule has 0 bridgehead atoms. The molecule has 0 aromatic heterocycles. The van der Waals surface area contributed by atoms with Gasteiger partial charge in [0.05, 0.1) is 0 Å². The van der Waals surface area contributed by atoms with Crippen molar-refractivity contribution in [3.8, 4) is 0 Å². The Balaban J connectivity index is 2.27. The Morgan fingerprint density at radius 3 is 2.29 bits per heavy atom. The minimum atomic E-state index is 0.664. The summed E-state index contributed by atoms with van der Waals surface area (Å²) in [5.41, 5.74) is 0. The van der Waals surface area contributed by atoms with Gasteiger partial charge in [0.2, 0.25) is 0 Å². The van der Waals surface area contributed by atoms with Crippen LogP contribution in [0.5, 0.6) is 0 Å². The normalized spacial score (nSPS) is 20.1. The maximum Gasteiger partial charge on any atom is 0.0195 e. The van der Waals surface area contributed by atoms with Crippen molar-refractivity contribution < 1.29 is 0 Å². The third-order valence-electron chi connectivity index (χ3n) is 4.02. The quantitative estimate of drug-likeness (QED) is 0.733. The molecule has 1 aliphatic rings. The first-order valence-electron chi connectivity index (χ1n) is 7.64. The van der Waals surface area contributed by atoms with Gasteiger partial charge in [0, 0.05) is 24.7 Å². The van der Waals surface area contributed by atoms with E-state index in [1.807, 2.05) is 0 Å². The summed E-state index contributed by atoms with van der Waals surface area (Å²) in [6.45, 7) is 11.6. The Morgan fingerprint density at radius 2 is 1.76 bits per heavy atom. The first-order valence-corrected chi connectivity index (χ1v) is 7.64. The van der Waals surface area contributed by atoms with Gasteiger partial charge >= 0.3 is 0 Å². The summed E-state index contributed by atoms with van der Waals surface area (Å²) in [6.07, 6.45) is 8.34. The van der Waals surface area contributed by atoms with Crippen molar-refractivity contribution in [2.75, 3.05) is 13.1 Å². The number of nitrogens with zero attached hydrogens (tertiary/aromatic N) is 1. The second-order valence-corrected chi connectivity index (χ2v) is 5.92. The fourth-order valence-corrected chi connectivity index (χ4v) is 3.01. The number of hydrogen-bond donors (Lipinski definition) is 1. The molecule has 102 valence electrons. The van der Waals surface area contributed by atoms with Crippen molar-refractivity contribution in [3.05, 3.63) is 0 Å². The molecule has 0 amide bonds. The van der Waals surface area contributed by atoms with E-state index >= 15 is 0 Å². The Labute approximate surface area is 108 Å². The van der Waals surface area contributed by atoms with Crippen LogP contribution in [0.1, 0.15) is 66.2 Å². The van der Waals surface area contributed by atoms with E-state index in [4.69, 9.17) is 0 Å². The predicted molar refractivity (Wildman–Crippen MR) is 76.5 cm³/mol. The first-order chi connectivity index (χ1) is 8.15. The van der Waals surface area contributed by atoms with E-state index in [1.54, 1.807) is 0 Å². The van der Waals surface area contributed by atoms with Gasteiger partial charge in [0.1, 0.15) is 0 Å². The lowest BCUT2D eigenvalue weighted by molar-refractivity contribution is 0.156. The molecule has 0 heterocycles. The van der Waals surface area contributed by atoms with Gasteiger partial charge in [-0.2, -0.15) is 0 Å². The minimum absolute atomic E-state index is 0.664. The molecule has 17 heavy (non-hydrogen) atoms. The molecule has 1 saturated carbocycles. The Hall–Kier alpha value is -0.0800. The smallest absolute Gasteiger partial charge is 0.0195 e. The molecule has 0 saturated heterocycles. The lowest BCUT2D eigenvalue weighted by atomic mass is 9.95. The van der Waals surface area contributed by atoms with Gasteiger partial charge in [-0.05, 0) is 46.6 Å². The molecule has 1 fully saturated rings. The van der Waals surface area contributed by atoms with Crippen molar-refractivity contribution in [1.29, 1.82) is 0 Å². The van der Waals surface area contributed by atoms with Gasteiger partial charge in [-0.15, -0.1) is 0 Å². The SMILES string of the molecule is CCCN(C(C)C)C(C)CNC1CCCCC1. The van der Waals surface area contributed by atoms with E-state index in [1.165, 1.54) is 45.1 Å². The van der Waals surface area contributed by atoms with E-state index in [0.29, 0.717) is 12.1 Å². The fourth-order valence-electron chi connectivity index (χ4n) is 3.01. The third-order valence-corrected chi connectivity index (χ3v) is 4.02. The molecular formula is C15H32N2. The van der Waals surface area contributed by atoms with Crippen LogP contribution in [0.4, 0.5) is 0 Å².